The van der Waals surface area contributed by atoms with Gasteiger partial charge in [0.2, 0.25) is 5.91 Å². The Bertz CT molecular complexity index is 974. The third-order valence-electron chi connectivity index (χ3n) is 5.42. The summed E-state index contributed by atoms with van der Waals surface area (Å²) in [5, 5.41) is 2.58. The van der Waals surface area contributed by atoms with Crippen molar-refractivity contribution in [2.45, 2.75) is 59.3 Å². The minimum absolute atomic E-state index is 0.0710. The number of hydrogen-bond donors (Lipinski definition) is 1. The molecule has 8 heteroatoms. The molecule has 0 radical (unpaired) electrons. The number of nitrogens with zero attached hydrogens (tertiary/aromatic N) is 1. The van der Waals surface area contributed by atoms with E-state index >= 15 is 0 Å². The minimum Gasteiger partial charge on any atom is -0.460 e. The van der Waals surface area contributed by atoms with Gasteiger partial charge in [-0.15, -0.1) is 0 Å². The summed E-state index contributed by atoms with van der Waals surface area (Å²) in [6.07, 6.45) is -1.92. The first kappa shape index (κ1) is 25.2. The van der Waals surface area contributed by atoms with Gasteiger partial charge in [-0.25, -0.2) is 4.79 Å². The van der Waals surface area contributed by atoms with E-state index in [1.165, 1.54) is 4.90 Å². The lowest BCUT2D eigenvalue weighted by Gasteiger charge is -2.34. The molecule has 0 bridgehead atoms. The average molecular weight is 469 g/mol. The molecule has 0 spiro atoms. The molecule has 3 atom stereocenters. The lowest BCUT2D eigenvalue weighted by molar-refractivity contribution is -0.145. The lowest BCUT2D eigenvalue weighted by Crippen LogP contribution is -2.54. The number of rotatable bonds is 7. The molecular formula is C26H32N2O6. The molecule has 0 aliphatic carbocycles. The van der Waals surface area contributed by atoms with Crippen LogP contribution in [0.4, 0.5) is 4.79 Å². The summed E-state index contributed by atoms with van der Waals surface area (Å²) >= 11 is 0. The Kier molecular flexibility index (Phi) is 8.28. The number of carbonyl (C=O) groups excluding carboxylic acids is 3. The molecule has 2 amide bonds. The van der Waals surface area contributed by atoms with Crippen LogP contribution in [0, 0.1) is 5.41 Å². The Labute approximate surface area is 200 Å². The van der Waals surface area contributed by atoms with Gasteiger partial charge in [0, 0.05) is 5.41 Å². The molecule has 0 aromatic heterocycles. The monoisotopic (exact) mass is 468 g/mol. The Morgan fingerprint density at radius 3 is 1.97 bits per heavy atom. The van der Waals surface area contributed by atoms with Gasteiger partial charge in [-0.1, -0.05) is 81.4 Å². The SMILES string of the molecule is C[C@H]1O[C@H](C(C)(C)C)N(C(=O)OCc2ccccc2)[C@@H]1C(=O)NCC(=O)OCc1ccccc1. The topological polar surface area (TPSA) is 94.2 Å². The zero-order valence-corrected chi connectivity index (χ0v) is 20.0. The molecule has 1 heterocycles. The number of carbonyl (C=O) groups is 3. The van der Waals surface area contributed by atoms with Crippen molar-refractivity contribution < 1.29 is 28.6 Å². The van der Waals surface area contributed by atoms with Crippen LogP contribution < -0.4 is 5.32 Å². The zero-order chi connectivity index (χ0) is 24.7. The van der Waals surface area contributed by atoms with Crippen molar-refractivity contribution in [2.75, 3.05) is 6.54 Å². The Morgan fingerprint density at radius 2 is 1.44 bits per heavy atom. The number of amides is 2. The third kappa shape index (κ3) is 6.57. The van der Waals surface area contributed by atoms with Crippen LogP contribution in [0.5, 0.6) is 0 Å². The summed E-state index contributed by atoms with van der Waals surface area (Å²) in [6, 6.07) is 17.6. The predicted molar refractivity (Wildman–Crippen MR) is 125 cm³/mol. The van der Waals surface area contributed by atoms with Crippen molar-refractivity contribution in [3.8, 4) is 0 Å². The zero-order valence-electron chi connectivity index (χ0n) is 20.0. The molecule has 0 saturated carbocycles. The van der Waals surface area contributed by atoms with Gasteiger partial charge in [0.15, 0.2) is 0 Å². The van der Waals surface area contributed by atoms with E-state index in [-0.39, 0.29) is 19.8 Å². The molecule has 8 nitrogen and oxygen atoms in total. The highest BCUT2D eigenvalue weighted by atomic mass is 16.6. The van der Waals surface area contributed by atoms with E-state index in [4.69, 9.17) is 14.2 Å². The molecular weight excluding hydrogens is 436 g/mol. The maximum Gasteiger partial charge on any atom is 0.412 e. The second-order valence-electron chi connectivity index (χ2n) is 9.32. The highest BCUT2D eigenvalue weighted by Gasteiger charge is 2.51. The number of nitrogens with one attached hydrogen (secondary N) is 1. The summed E-state index contributed by atoms with van der Waals surface area (Å²) in [5.41, 5.74) is 1.21. The first-order chi connectivity index (χ1) is 16.2. The average Bonchev–Trinajstić information content (AvgIpc) is 3.19. The highest BCUT2D eigenvalue weighted by molar-refractivity contribution is 5.89. The van der Waals surface area contributed by atoms with Crippen molar-refractivity contribution >= 4 is 18.0 Å². The van der Waals surface area contributed by atoms with Gasteiger partial charge >= 0.3 is 12.1 Å². The van der Waals surface area contributed by atoms with Gasteiger partial charge < -0.3 is 19.5 Å². The van der Waals surface area contributed by atoms with Crippen LogP contribution in [0.15, 0.2) is 60.7 Å². The summed E-state index contributed by atoms with van der Waals surface area (Å²) in [5.74, 6) is -1.08. The van der Waals surface area contributed by atoms with Crippen molar-refractivity contribution in [3.05, 3.63) is 71.8 Å². The van der Waals surface area contributed by atoms with E-state index < -0.39 is 41.8 Å². The fraction of sp³-hybridized carbons (Fsp3) is 0.423. The van der Waals surface area contributed by atoms with E-state index in [2.05, 4.69) is 5.32 Å². The molecule has 2 aromatic carbocycles. The fourth-order valence-corrected chi connectivity index (χ4v) is 3.73. The molecule has 0 unspecified atom stereocenters. The fourth-order valence-electron chi connectivity index (χ4n) is 3.73. The van der Waals surface area contributed by atoms with Crippen LogP contribution in [-0.2, 0) is 37.0 Å². The number of hydrogen-bond acceptors (Lipinski definition) is 6. The van der Waals surface area contributed by atoms with Crippen LogP contribution in [0.3, 0.4) is 0 Å². The number of esters is 1. The van der Waals surface area contributed by atoms with Crippen molar-refractivity contribution in [2.24, 2.45) is 5.41 Å². The summed E-state index contributed by atoms with van der Waals surface area (Å²) < 4.78 is 16.7. The number of ether oxygens (including phenoxy) is 3. The lowest BCUT2D eigenvalue weighted by atomic mass is 9.93. The summed E-state index contributed by atoms with van der Waals surface area (Å²) in [7, 11) is 0. The van der Waals surface area contributed by atoms with Gasteiger partial charge in [0.1, 0.15) is 32.0 Å². The molecule has 3 rings (SSSR count). The molecule has 1 fully saturated rings. The van der Waals surface area contributed by atoms with E-state index in [0.717, 1.165) is 11.1 Å². The van der Waals surface area contributed by atoms with Gasteiger partial charge in [0.25, 0.3) is 0 Å². The first-order valence-corrected chi connectivity index (χ1v) is 11.3. The molecule has 1 N–H and O–H groups in total. The van der Waals surface area contributed by atoms with Crippen LogP contribution >= 0.6 is 0 Å². The van der Waals surface area contributed by atoms with Crippen LogP contribution in [0.25, 0.3) is 0 Å². The van der Waals surface area contributed by atoms with E-state index in [1.807, 2.05) is 81.4 Å². The standard InChI is InChI=1S/C26H32N2O6/c1-18-22(23(30)27-15-21(29)32-16-19-11-7-5-8-12-19)28(24(34-18)26(2,3)4)25(31)33-17-20-13-9-6-10-14-20/h5-14,18,22,24H,15-17H2,1-4H3,(H,27,30)/t18-,22+,24-/m1/s1. The van der Waals surface area contributed by atoms with Crippen LogP contribution in [0.1, 0.15) is 38.8 Å². The molecule has 1 aliphatic rings. The highest BCUT2D eigenvalue weighted by Crippen LogP contribution is 2.35. The van der Waals surface area contributed by atoms with E-state index in [1.54, 1.807) is 6.92 Å². The smallest absolute Gasteiger partial charge is 0.412 e. The molecule has 1 aliphatic heterocycles. The van der Waals surface area contributed by atoms with E-state index in [9.17, 15) is 14.4 Å². The van der Waals surface area contributed by atoms with Crippen LogP contribution in [0.2, 0.25) is 0 Å². The molecule has 2 aromatic rings. The minimum atomic E-state index is -0.950. The van der Waals surface area contributed by atoms with E-state index in [0.29, 0.717) is 0 Å². The maximum atomic E-state index is 13.1. The Hall–Kier alpha value is -3.39. The van der Waals surface area contributed by atoms with Crippen molar-refractivity contribution in [1.29, 1.82) is 0 Å². The molecule has 34 heavy (non-hydrogen) atoms. The Morgan fingerprint density at radius 1 is 0.912 bits per heavy atom. The van der Waals surface area contributed by atoms with Crippen molar-refractivity contribution in [1.82, 2.24) is 10.2 Å². The molecule has 182 valence electrons. The summed E-state index contributed by atoms with van der Waals surface area (Å²) in [6.45, 7) is 7.35. The summed E-state index contributed by atoms with van der Waals surface area (Å²) in [4.78, 5) is 39.6. The molecule has 1 saturated heterocycles. The first-order valence-electron chi connectivity index (χ1n) is 11.3. The van der Waals surface area contributed by atoms with Crippen molar-refractivity contribution in [3.63, 3.8) is 0 Å². The largest absolute Gasteiger partial charge is 0.460 e. The van der Waals surface area contributed by atoms with Gasteiger partial charge in [0.05, 0.1) is 6.10 Å². The van der Waals surface area contributed by atoms with Gasteiger partial charge in [-0.3, -0.25) is 14.5 Å². The number of benzene rings is 2. The van der Waals surface area contributed by atoms with Crippen LogP contribution in [-0.4, -0.2) is 47.8 Å². The second kappa shape index (κ2) is 11.2. The second-order valence-corrected chi connectivity index (χ2v) is 9.32. The normalized spacial score (nSPS) is 20.0. The third-order valence-corrected chi connectivity index (χ3v) is 5.42. The van der Waals surface area contributed by atoms with Gasteiger partial charge in [-0.05, 0) is 18.1 Å². The van der Waals surface area contributed by atoms with Gasteiger partial charge in [-0.2, -0.15) is 0 Å². The maximum absolute atomic E-state index is 13.1. The Balaban J connectivity index is 1.63. The predicted octanol–water partition coefficient (Wildman–Crippen LogP) is 3.64. The quantitative estimate of drug-likeness (QED) is 0.624.